The Morgan fingerprint density at radius 2 is 1.78 bits per heavy atom. The van der Waals surface area contributed by atoms with Gasteiger partial charge in [-0.1, -0.05) is 11.6 Å². The Bertz CT molecular complexity index is 1090. The highest BCUT2D eigenvalue weighted by Crippen LogP contribution is 2.36. The number of benzene rings is 1. The van der Waals surface area contributed by atoms with E-state index in [1.165, 1.54) is 11.3 Å². The number of nitrogens with zero attached hydrogens (tertiary/aromatic N) is 5. The number of thiophene rings is 1. The molecule has 5 rings (SSSR count). The summed E-state index contributed by atoms with van der Waals surface area (Å²) in [7, 11) is 0. The number of morpholine rings is 1. The molecule has 3 aromatic heterocycles. The Hall–Kier alpha value is -2.55. The SMILES string of the molecule is Clc1ccc(-c2nnc(-c3cc4c(N5CCOCC5)ncnc4s3)o2)cc1. The van der Waals surface area contributed by atoms with Gasteiger partial charge in [-0.25, -0.2) is 9.97 Å². The molecule has 1 saturated heterocycles. The Morgan fingerprint density at radius 1 is 1.00 bits per heavy atom. The van der Waals surface area contributed by atoms with Crippen molar-refractivity contribution < 1.29 is 9.15 Å². The van der Waals surface area contributed by atoms with Gasteiger partial charge >= 0.3 is 0 Å². The largest absolute Gasteiger partial charge is 0.415 e. The monoisotopic (exact) mass is 399 g/mol. The third-order valence-corrected chi connectivity index (χ3v) is 5.63. The summed E-state index contributed by atoms with van der Waals surface area (Å²) in [5, 5.41) is 10.0. The summed E-state index contributed by atoms with van der Waals surface area (Å²) >= 11 is 7.45. The topological polar surface area (TPSA) is 77.2 Å². The van der Waals surface area contributed by atoms with Gasteiger partial charge in [0.25, 0.3) is 5.89 Å². The molecule has 0 unspecified atom stereocenters. The van der Waals surface area contributed by atoms with Crippen LogP contribution in [0.3, 0.4) is 0 Å². The van der Waals surface area contributed by atoms with E-state index >= 15 is 0 Å². The first-order valence-corrected chi connectivity index (χ1v) is 9.64. The van der Waals surface area contributed by atoms with E-state index in [1.54, 1.807) is 18.5 Å². The number of hydrogen-bond donors (Lipinski definition) is 0. The van der Waals surface area contributed by atoms with Crippen LogP contribution in [-0.4, -0.2) is 46.5 Å². The average Bonchev–Trinajstić information content (AvgIpc) is 3.36. The van der Waals surface area contributed by atoms with Crippen molar-refractivity contribution in [1.82, 2.24) is 20.2 Å². The van der Waals surface area contributed by atoms with Crippen molar-refractivity contribution in [3.8, 4) is 22.2 Å². The predicted molar refractivity (Wildman–Crippen MR) is 104 cm³/mol. The van der Waals surface area contributed by atoms with E-state index in [1.807, 2.05) is 18.2 Å². The van der Waals surface area contributed by atoms with Crippen LogP contribution in [0.2, 0.25) is 5.02 Å². The molecule has 1 aliphatic rings. The van der Waals surface area contributed by atoms with Gasteiger partial charge in [-0.05, 0) is 30.3 Å². The molecular formula is C18H14ClN5O2S. The van der Waals surface area contributed by atoms with Crippen LogP contribution in [0.25, 0.3) is 32.4 Å². The van der Waals surface area contributed by atoms with E-state index in [-0.39, 0.29) is 0 Å². The molecule has 0 atom stereocenters. The van der Waals surface area contributed by atoms with Crippen molar-refractivity contribution in [2.45, 2.75) is 0 Å². The first-order chi connectivity index (χ1) is 13.3. The molecule has 1 fully saturated rings. The minimum atomic E-state index is 0.457. The molecule has 4 heterocycles. The van der Waals surface area contributed by atoms with Gasteiger partial charge in [0.2, 0.25) is 5.89 Å². The maximum absolute atomic E-state index is 5.93. The molecule has 0 amide bonds. The fourth-order valence-electron chi connectivity index (χ4n) is 3.01. The van der Waals surface area contributed by atoms with Crippen LogP contribution < -0.4 is 4.90 Å². The van der Waals surface area contributed by atoms with Gasteiger partial charge in [0, 0.05) is 23.7 Å². The summed E-state index contributed by atoms with van der Waals surface area (Å²) in [6, 6.07) is 9.32. The third kappa shape index (κ3) is 3.16. The van der Waals surface area contributed by atoms with Crippen LogP contribution in [0.4, 0.5) is 5.82 Å². The zero-order valence-corrected chi connectivity index (χ0v) is 15.7. The number of fused-ring (bicyclic) bond motifs is 1. The van der Waals surface area contributed by atoms with Gasteiger partial charge in [0.1, 0.15) is 17.0 Å². The zero-order chi connectivity index (χ0) is 18.2. The lowest BCUT2D eigenvalue weighted by molar-refractivity contribution is 0.122. The molecule has 27 heavy (non-hydrogen) atoms. The fourth-order valence-corrected chi connectivity index (χ4v) is 4.05. The van der Waals surface area contributed by atoms with Crippen molar-refractivity contribution in [3.63, 3.8) is 0 Å². The molecule has 0 spiro atoms. The Labute approximate surface area is 163 Å². The summed E-state index contributed by atoms with van der Waals surface area (Å²) in [5.41, 5.74) is 0.827. The highest BCUT2D eigenvalue weighted by molar-refractivity contribution is 7.21. The van der Waals surface area contributed by atoms with Crippen molar-refractivity contribution >= 4 is 39.0 Å². The summed E-state index contributed by atoms with van der Waals surface area (Å²) in [6.07, 6.45) is 1.60. The van der Waals surface area contributed by atoms with E-state index in [4.69, 9.17) is 20.8 Å². The van der Waals surface area contributed by atoms with Crippen LogP contribution >= 0.6 is 22.9 Å². The van der Waals surface area contributed by atoms with Crippen LogP contribution in [0.5, 0.6) is 0 Å². The minimum absolute atomic E-state index is 0.457. The molecule has 0 aliphatic carbocycles. The first-order valence-electron chi connectivity index (χ1n) is 8.45. The normalized spacial score (nSPS) is 14.8. The second kappa shape index (κ2) is 6.88. The lowest BCUT2D eigenvalue weighted by Gasteiger charge is -2.28. The maximum atomic E-state index is 5.93. The van der Waals surface area contributed by atoms with E-state index < -0.39 is 0 Å². The molecule has 136 valence electrons. The van der Waals surface area contributed by atoms with Crippen LogP contribution in [0.1, 0.15) is 0 Å². The quantitative estimate of drug-likeness (QED) is 0.517. The van der Waals surface area contributed by atoms with Gasteiger partial charge in [-0.3, -0.25) is 0 Å². The predicted octanol–water partition coefficient (Wildman–Crippen LogP) is 3.90. The molecule has 0 saturated carbocycles. The lowest BCUT2D eigenvalue weighted by atomic mass is 10.2. The van der Waals surface area contributed by atoms with E-state index in [0.29, 0.717) is 30.0 Å². The molecule has 0 N–H and O–H groups in total. The van der Waals surface area contributed by atoms with Crippen molar-refractivity contribution in [2.75, 3.05) is 31.2 Å². The van der Waals surface area contributed by atoms with Crippen molar-refractivity contribution in [2.24, 2.45) is 0 Å². The molecule has 1 aromatic carbocycles. The number of halogens is 1. The first kappa shape index (κ1) is 16.6. The van der Waals surface area contributed by atoms with Crippen LogP contribution in [-0.2, 0) is 4.74 Å². The number of hydrogen-bond acceptors (Lipinski definition) is 8. The smallest absolute Gasteiger partial charge is 0.258 e. The van der Waals surface area contributed by atoms with Gasteiger partial charge in [-0.2, -0.15) is 0 Å². The Morgan fingerprint density at radius 3 is 2.59 bits per heavy atom. The van der Waals surface area contributed by atoms with Gasteiger partial charge in [0.15, 0.2) is 0 Å². The Kier molecular flexibility index (Phi) is 4.23. The van der Waals surface area contributed by atoms with Crippen LogP contribution in [0, 0.1) is 0 Å². The van der Waals surface area contributed by atoms with Crippen LogP contribution in [0.15, 0.2) is 41.1 Å². The minimum Gasteiger partial charge on any atom is -0.415 e. The second-order valence-corrected chi connectivity index (χ2v) is 7.51. The second-order valence-electron chi connectivity index (χ2n) is 6.05. The molecule has 0 radical (unpaired) electrons. The molecule has 1 aliphatic heterocycles. The van der Waals surface area contributed by atoms with E-state index in [9.17, 15) is 0 Å². The molecule has 0 bridgehead atoms. The summed E-state index contributed by atoms with van der Waals surface area (Å²) in [4.78, 5) is 12.9. The highest BCUT2D eigenvalue weighted by atomic mass is 35.5. The third-order valence-electron chi connectivity index (χ3n) is 4.35. The van der Waals surface area contributed by atoms with E-state index in [2.05, 4.69) is 25.1 Å². The fraction of sp³-hybridized carbons (Fsp3) is 0.222. The van der Waals surface area contributed by atoms with Gasteiger partial charge < -0.3 is 14.1 Å². The summed E-state index contributed by atoms with van der Waals surface area (Å²) in [5.74, 6) is 1.85. The summed E-state index contributed by atoms with van der Waals surface area (Å²) < 4.78 is 11.3. The number of aromatic nitrogens is 4. The zero-order valence-electron chi connectivity index (χ0n) is 14.1. The van der Waals surface area contributed by atoms with Gasteiger partial charge in [0.05, 0.1) is 23.5 Å². The average molecular weight is 400 g/mol. The Balaban J connectivity index is 1.51. The lowest BCUT2D eigenvalue weighted by Crippen LogP contribution is -2.36. The van der Waals surface area contributed by atoms with E-state index in [0.717, 1.165) is 39.6 Å². The standard InChI is InChI=1S/C18H14ClN5O2S/c19-12-3-1-11(2-4-12)16-22-23-17(26-16)14-9-13-15(20-10-21-18(13)27-14)24-5-7-25-8-6-24/h1-4,9-10H,5-8H2. The molecule has 9 heteroatoms. The number of rotatable bonds is 3. The number of ether oxygens (including phenoxy) is 1. The number of anilines is 1. The molecule has 7 nitrogen and oxygen atoms in total. The van der Waals surface area contributed by atoms with Crippen molar-refractivity contribution in [3.05, 3.63) is 41.7 Å². The highest BCUT2D eigenvalue weighted by Gasteiger charge is 2.20. The summed E-state index contributed by atoms with van der Waals surface area (Å²) in [6.45, 7) is 3.05. The van der Waals surface area contributed by atoms with Gasteiger partial charge in [-0.15, -0.1) is 21.5 Å². The maximum Gasteiger partial charge on any atom is 0.258 e. The molecule has 4 aromatic rings. The van der Waals surface area contributed by atoms with Crippen molar-refractivity contribution in [1.29, 1.82) is 0 Å². The molecular weight excluding hydrogens is 386 g/mol.